The molecule has 11 nitrogen and oxygen atoms in total. The van der Waals surface area contributed by atoms with Crippen LogP contribution in [0.4, 0.5) is 5.95 Å². The van der Waals surface area contributed by atoms with Crippen molar-refractivity contribution in [3.05, 3.63) is 51.5 Å². The summed E-state index contributed by atoms with van der Waals surface area (Å²) < 4.78 is 38.2. The quantitative estimate of drug-likeness (QED) is 0.200. The number of aromatic amines is 1. The van der Waals surface area contributed by atoms with Crippen LogP contribution in [0.1, 0.15) is 38.7 Å². The molecule has 3 aromatic rings. The van der Waals surface area contributed by atoms with Crippen molar-refractivity contribution in [3.63, 3.8) is 0 Å². The smallest absolute Gasteiger partial charge is 0.356 e. The lowest BCUT2D eigenvalue weighted by Crippen LogP contribution is -2.20. The van der Waals surface area contributed by atoms with Gasteiger partial charge in [0.25, 0.3) is 5.56 Å². The van der Waals surface area contributed by atoms with Gasteiger partial charge in [-0.05, 0) is 30.5 Å². The van der Waals surface area contributed by atoms with Gasteiger partial charge in [0.1, 0.15) is 6.35 Å². The van der Waals surface area contributed by atoms with E-state index in [9.17, 15) is 9.36 Å². The first-order valence-corrected chi connectivity index (χ1v) is 14.0. The van der Waals surface area contributed by atoms with Crippen molar-refractivity contribution < 1.29 is 23.1 Å². The molecule has 0 aliphatic carbocycles. The molecule has 2 heterocycles. The molecular weight excluding hydrogens is 509 g/mol. The van der Waals surface area contributed by atoms with E-state index in [0.29, 0.717) is 30.2 Å². The van der Waals surface area contributed by atoms with E-state index in [-0.39, 0.29) is 43.7 Å². The summed E-state index contributed by atoms with van der Waals surface area (Å²) in [4.78, 5) is 22.5. The summed E-state index contributed by atoms with van der Waals surface area (Å²) in [5, 5.41) is 0.555. The molecule has 2 aromatic heterocycles. The molecule has 0 aliphatic heterocycles. The zero-order valence-electron chi connectivity index (χ0n) is 20.5. The molecule has 0 spiro atoms. The highest BCUT2D eigenvalue weighted by Gasteiger charge is 2.27. The van der Waals surface area contributed by atoms with Gasteiger partial charge in [0.15, 0.2) is 11.2 Å². The fraction of sp³-hybridized carbons (Fsp3) is 0.522. The van der Waals surface area contributed by atoms with Gasteiger partial charge in [0.05, 0.1) is 32.3 Å². The van der Waals surface area contributed by atoms with Gasteiger partial charge in [-0.1, -0.05) is 44.0 Å². The van der Waals surface area contributed by atoms with Crippen molar-refractivity contribution in [2.45, 2.75) is 52.4 Å². The maximum atomic E-state index is 13.5. The molecule has 1 aromatic carbocycles. The zero-order chi connectivity index (χ0) is 26.0. The number of nitrogen functional groups attached to an aromatic ring is 1. The van der Waals surface area contributed by atoms with Crippen molar-refractivity contribution in [2.75, 3.05) is 31.9 Å². The Hall–Kier alpha value is -2.27. The second-order valence-corrected chi connectivity index (χ2v) is 10.6. The predicted molar refractivity (Wildman–Crippen MR) is 138 cm³/mol. The summed E-state index contributed by atoms with van der Waals surface area (Å²) in [6.45, 7) is 5.31. The van der Waals surface area contributed by atoms with E-state index >= 15 is 0 Å². The Morgan fingerprint density at radius 2 is 2.08 bits per heavy atom. The SMILES string of the molecule is CCCCOC(CC)COP(=O)(COCCn1cnc2c(=O)[nH]c(N)nc21)OCc1cccc(Cl)c1. The van der Waals surface area contributed by atoms with Crippen LogP contribution in [-0.2, 0) is 36.2 Å². The first kappa shape index (κ1) is 28.3. The number of hydrogen-bond acceptors (Lipinski definition) is 9. The minimum atomic E-state index is -3.64. The molecule has 0 radical (unpaired) electrons. The van der Waals surface area contributed by atoms with Crippen LogP contribution in [0.15, 0.2) is 35.4 Å². The molecule has 0 saturated heterocycles. The minimum Gasteiger partial charge on any atom is -0.376 e. The van der Waals surface area contributed by atoms with E-state index < -0.39 is 13.2 Å². The van der Waals surface area contributed by atoms with Gasteiger partial charge in [-0.25, -0.2) is 4.98 Å². The Labute approximate surface area is 214 Å². The van der Waals surface area contributed by atoms with Gasteiger partial charge in [0, 0.05) is 18.2 Å². The Morgan fingerprint density at radius 1 is 1.25 bits per heavy atom. The van der Waals surface area contributed by atoms with Crippen molar-refractivity contribution >= 4 is 36.3 Å². The van der Waals surface area contributed by atoms with Crippen molar-refractivity contribution in [3.8, 4) is 0 Å². The van der Waals surface area contributed by atoms with Gasteiger partial charge in [-0.3, -0.25) is 14.3 Å². The fourth-order valence-electron chi connectivity index (χ4n) is 3.26. The van der Waals surface area contributed by atoms with Crippen LogP contribution in [-0.4, -0.2) is 51.8 Å². The normalized spacial score (nSPS) is 14.2. The zero-order valence-corrected chi connectivity index (χ0v) is 22.2. The molecule has 0 saturated carbocycles. The molecule has 3 rings (SSSR count). The highest BCUT2D eigenvalue weighted by molar-refractivity contribution is 7.53. The maximum absolute atomic E-state index is 13.5. The predicted octanol–water partition coefficient (Wildman–Crippen LogP) is 4.35. The van der Waals surface area contributed by atoms with Crippen LogP contribution >= 0.6 is 19.2 Å². The van der Waals surface area contributed by atoms with E-state index in [2.05, 4.69) is 21.9 Å². The van der Waals surface area contributed by atoms with Crippen LogP contribution in [0.5, 0.6) is 0 Å². The number of nitrogens with two attached hydrogens (primary N) is 1. The summed E-state index contributed by atoms with van der Waals surface area (Å²) in [7, 11) is -3.64. The molecule has 2 unspecified atom stereocenters. The first-order valence-electron chi connectivity index (χ1n) is 11.9. The Kier molecular flexibility index (Phi) is 10.9. The number of anilines is 1. The molecule has 36 heavy (non-hydrogen) atoms. The fourth-order valence-corrected chi connectivity index (χ4v) is 4.79. The summed E-state index contributed by atoms with van der Waals surface area (Å²) in [6, 6.07) is 7.10. The number of H-pyrrole nitrogens is 1. The standard InChI is InChI=1S/C23H33ClN5O6P/c1-3-5-10-33-19(4-2)14-35-36(31,34-13-17-7-6-8-18(24)12-17)16-32-11-9-29-15-26-20-21(29)27-23(25)28-22(20)30/h6-8,12,15,19H,3-5,9-11,13-14,16H2,1-2H3,(H3,25,27,28,30). The number of hydrogen-bond donors (Lipinski definition) is 2. The van der Waals surface area contributed by atoms with Crippen LogP contribution in [0.25, 0.3) is 11.2 Å². The highest BCUT2D eigenvalue weighted by atomic mass is 35.5. The maximum Gasteiger partial charge on any atom is 0.356 e. The number of halogens is 1. The third kappa shape index (κ3) is 8.40. The van der Waals surface area contributed by atoms with E-state index in [1.807, 2.05) is 13.0 Å². The van der Waals surface area contributed by atoms with Crippen molar-refractivity contribution in [1.82, 2.24) is 19.5 Å². The highest BCUT2D eigenvalue weighted by Crippen LogP contribution is 2.49. The van der Waals surface area contributed by atoms with Gasteiger partial charge < -0.3 is 28.8 Å². The summed E-state index contributed by atoms with van der Waals surface area (Å²) in [5.74, 6) is -0.00545. The lowest BCUT2D eigenvalue weighted by Gasteiger charge is -2.22. The molecule has 198 valence electrons. The summed E-state index contributed by atoms with van der Waals surface area (Å²) in [6.07, 6.45) is 3.68. The van der Waals surface area contributed by atoms with E-state index in [4.69, 9.17) is 35.9 Å². The summed E-state index contributed by atoms with van der Waals surface area (Å²) in [5.41, 5.74) is 6.49. The van der Waals surface area contributed by atoms with Gasteiger partial charge >= 0.3 is 7.60 Å². The molecule has 0 aliphatic rings. The molecule has 0 bridgehead atoms. The number of nitrogens with zero attached hydrogens (tertiary/aromatic N) is 3. The van der Waals surface area contributed by atoms with Crippen LogP contribution in [0.3, 0.4) is 0 Å². The third-order valence-electron chi connectivity index (χ3n) is 5.30. The Balaban J connectivity index is 1.61. The summed E-state index contributed by atoms with van der Waals surface area (Å²) >= 11 is 6.05. The van der Waals surface area contributed by atoms with Crippen molar-refractivity contribution in [2.24, 2.45) is 0 Å². The molecule has 2 atom stereocenters. The van der Waals surface area contributed by atoms with Crippen LogP contribution < -0.4 is 11.3 Å². The average Bonchev–Trinajstić information content (AvgIpc) is 3.26. The number of nitrogens with one attached hydrogen (secondary N) is 1. The first-order chi connectivity index (χ1) is 17.3. The Morgan fingerprint density at radius 3 is 2.83 bits per heavy atom. The van der Waals surface area contributed by atoms with Gasteiger partial charge in [-0.2, -0.15) is 4.98 Å². The second kappa shape index (κ2) is 13.9. The molecule has 0 fully saturated rings. The number of fused-ring (bicyclic) bond motifs is 1. The van der Waals surface area contributed by atoms with Gasteiger partial charge in [-0.15, -0.1) is 0 Å². The number of rotatable bonds is 16. The third-order valence-corrected chi connectivity index (χ3v) is 7.10. The van der Waals surface area contributed by atoms with E-state index in [1.54, 1.807) is 22.8 Å². The number of imidazole rings is 1. The lowest BCUT2D eigenvalue weighted by molar-refractivity contribution is 0.00859. The van der Waals surface area contributed by atoms with Crippen LogP contribution in [0.2, 0.25) is 5.02 Å². The van der Waals surface area contributed by atoms with Gasteiger partial charge in [0.2, 0.25) is 5.95 Å². The molecule has 3 N–H and O–H groups in total. The second-order valence-electron chi connectivity index (χ2n) is 8.16. The number of unbranched alkanes of at least 4 members (excludes halogenated alkanes) is 1. The van der Waals surface area contributed by atoms with E-state index in [1.165, 1.54) is 6.33 Å². The lowest BCUT2D eigenvalue weighted by atomic mass is 10.2. The molecule has 13 heteroatoms. The number of benzene rings is 1. The largest absolute Gasteiger partial charge is 0.376 e. The molecular formula is C23H33ClN5O6P. The minimum absolute atomic E-state index is 0.00545. The number of aromatic nitrogens is 4. The average molecular weight is 542 g/mol. The monoisotopic (exact) mass is 541 g/mol. The van der Waals surface area contributed by atoms with Crippen molar-refractivity contribution in [1.29, 1.82) is 0 Å². The Bertz CT molecular complexity index is 1220. The molecule has 0 amide bonds. The topological polar surface area (TPSA) is 144 Å². The van der Waals surface area contributed by atoms with Crippen LogP contribution in [0, 0.1) is 0 Å². The number of ether oxygens (including phenoxy) is 2. The van der Waals surface area contributed by atoms with E-state index in [0.717, 1.165) is 18.4 Å².